The molecule has 1 N–H and O–H groups in total. The first kappa shape index (κ1) is 16.3. The van der Waals surface area contributed by atoms with Crippen LogP contribution in [0, 0.1) is 0 Å². The van der Waals surface area contributed by atoms with Crippen molar-refractivity contribution in [1.29, 1.82) is 0 Å². The molecule has 0 spiro atoms. The number of hydrogen-bond acceptors (Lipinski definition) is 2. The Balaban J connectivity index is 1.89. The first-order valence-electron chi connectivity index (χ1n) is 7.06. The summed E-state index contributed by atoms with van der Waals surface area (Å²) in [4.78, 5) is 12.0. The zero-order valence-corrected chi connectivity index (χ0v) is 13.8. The Morgan fingerprint density at radius 1 is 1.23 bits per heavy atom. The molecule has 0 fully saturated rings. The van der Waals surface area contributed by atoms with Gasteiger partial charge in [0, 0.05) is 22.6 Å². The van der Waals surface area contributed by atoms with Gasteiger partial charge in [0.25, 0.3) is 0 Å². The molecule has 114 valence electrons. The van der Waals surface area contributed by atoms with Crippen molar-refractivity contribution in [2.75, 3.05) is 11.9 Å². The molecule has 2 aromatic carbocycles. The highest BCUT2D eigenvalue weighted by atomic mass is 79.9. The van der Waals surface area contributed by atoms with Gasteiger partial charge in [-0.15, -0.1) is 0 Å². The molecule has 1 amide bonds. The summed E-state index contributed by atoms with van der Waals surface area (Å²) in [6.45, 7) is 4.05. The second-order valence-electron chi connectivity index (χ2n) is 4.77. The minimum Gasteiger partial charge on any atom is -0.489 e. The molecule has 0 unspecified atom stereocenters. The molecule has 22 heavy (non-hydrogen) atoms. The lowest BCUT2D eigenvalue weighted by molar-refractivity contribution is -0.116. The Kier molecular flexibility index (Phi) is 6.22. The van der Waals surface area contributed by atoms with Crippen LogP contribution in [-0.4, -0.2) is 12.5 Å². The van der Waals surface area contributed by atoms with Gasteiger partial charge in [0.2, 0.25) is 5.91 Å². The van der Waals surface area contributed by atoms with Crippen LogP contribution >= 0.6 is 15.9 Å². The lowest BCUT2D eigenvalue weighted by atomic mass is 10.1. The van der Waals surface area contributed by atoms with Gasteiger partial charge in [-0.25, -0.2) is 0 Å². The number of ether oxygens (including phenoxy) is 1. The number of amides is 1. The second kappa shape index (κ2) is 8.39. The lowest BCUT2D eigenvalue weighted by Gasteiger charge is -2.08. The molecular weight excluding hydrogens is 342 g/mol. The van der Waals surface area contributed by atoms with Crippen molar-refractivity contribution >= 4 is 27.5 Å². The van der Waals surface area contributed by atoms with Crippen LogP contribution in [0.25, 0.3) is 0 Å². The standard InChI is InChI=1S/C18H18BrNO2/c1-2-12-22-16-8-5-7-15(13-16)20-18(21)11-10-14-6-3-4-9-17(14)19/h2-9,13H,1,10-12H2,(H,20,21). The molecular formula is C18H18BrNO2. The van der Waals surface area contributed by atoms with Crippen molar-refractivity contribution in [3.63, 3.8) is 0 Å². The third-order valence-corrected chi connectivity index (χ3v) is 3.84. The Morgan fingerprint density at radius 2 is 2.05 bits per heavy atom. The number of nitrogens with one attached hydrogen (secondary N) is 1. The highest BCUT2D eigenvalue weighted by molar-refractivity contribution is 9.10. The summed E-state index contributed by atoms with van der Waals surface area (Å²) in [5, 5.41) is 2.89. The van der Waals surface area contributed by atoms with Crippen molar-refractivity contribution in [2.24, 2.45) is 0 Å². The molecule has 0 saturated carbocycles. The fourth-order valence-electron chi connectivity index (χ4n) is 1.99. The number of anilines is 1. The average Bonchev–Trinajstić information content (AvgIpc) is 2.52. The molecule has 0 aliphatic rings. The molecule has 0 radical (unpaired) electrons. The maximum Gasteiger partial charge on any atom is 0.224 e. The zero-order chi connectivity index (χ0) is 15.8. The topological polar surface area (TPSA) is 38.3 Å². The van der Waals surface area contributed by atoms with Gasteiger partial charge in [0.15, 0.2) is 0 Å². The van der Waals surface area contributed by atoms with Crippen LogP contribution in [0.1, 0.15) is 12.0 Å². The van der Waals surface area contributed by atoms with Gasteiger partial charge in [-0.2, -0.15) is 0 Å². The quantitative estimate of drug-likeness (QED) is 0.734. The van der Waals surface area contributed by atoms with Crippen molar-refractivity contribution in [1.82, 2.24) is 0 Å². The molecule has 0 aliphatic heterocycles. The summed E-state index contributed by atoms with van der Waals surface area (Å²) in [6.07, 6.45) is 2.81. The molecule has 4 heteroatoms. The molecule has 2 aromatic rings. The number of hydrogen-bond donors (Lipinski definition) is 1. The Hall–Kier alpha value is -2.07. The van der Waals surface area contributed by atoms with E-state index in [2.05, 4.69) is 27.8 Å². The number of halogens is 1. The highest BCUT2D eigenvalue weighted by Crippen LogP contribution is 2.19. The minimum absolute atomic E-state index is 0.0170. The largest absolute Gasteiger partial charge is 0.489 e. The van der Waals surface area contributed by atoms with E-state index in [0.29, 0.717) is 25.2 Å². The number of rotatable bonds is 7. The molecule has 0 heterocycles. The summed E-state index contributed by atoms with van der Waals surface area (Å²) < 4.78 is 6.48. The molecule has 0 bridgehead atoms. The van der Waals surface area contributed by atoms with E-state index in [0.717, 1.165) is 15.7 Å². The third-order valence-electron chi connectivity index (χ3n) is 3.06. The predicted molar refractivity (Wildman–Crippen MR) is 93.2 cm³/mol. The van der Waals surface area contributed by atoms with Crippen LogP contribution < -0.4 is 10.1 Å². The van der Waals surface area contributed by atoms with E-state index in [1.807, 2.05) is 42.5 Å². The number of carbonyl (C=O) groups excluding carboxylic acids is 1. The van der Waals surface area contributed by atoms with E-state index < -0.39 is 0 Å². The van der Waals surface area contributed by atoms with Crippen molar-refractivity contribution in [2.45, 2.75) is 12.8 Å². The Labute approximate surface area is 139 Å². The first-order valence-corrected chi connectivity index (χ1v) is 7.85. The summed E-state index contributed by atoms with van der Waals surface area (Å²) >= 11 is 3.49. The van der Waals surface area contributed by atoms with E-state index in [4.69, 9.17) is 4.74 Å². The van der Waals surface area contributed by atoms with Gasteiger partial charge in [-0.1, -0.05) is 52.9 Å². The van der Waals surface area contributed by atoms with E-state index in [9.17, 15) is 4.79 Å². The molecule has 0 saturated heterocycles. The van der Waals surface area contributed by atoms with Crippen LogP contribution in [0.5, 0.6) is 5.75 Å². The van der Waals surface area contributed by atoms with Gasteiger partial charge >= 0.3 is 0 Å². The van der Waals surface area contributed by atoms with Gasteiger partial charge in [0.1, 0.15) is 12.4 Å². The maximum absolute atomic E-state index is 12.0. The van der Waals surface area contributed by atoms with Crippen LogP contribution in [0.3, 0.4) is 0 Å². The first-order chi connectivity index (χ1) is 10.7. The van der Waals surface area contributed by atoms with Crippen LogP contribution in [0.4, 0.5) is 5.69 Å². The van der Waals surface area contributed by atoms with E-state index >= 15 is 0 Å². The van der Waals surface area contributed by atoms with Crippen LogP contribution in [0.2, 0.25) is 0 Å². The maximum atomic E-state index is 12.0. The lowest BCUT2D eigenvalue weighted by Crippen LogP contribution is -2.12. The van der Waals surface area contributed by atoms with E-state index in [1.165, 1.54) is 0 Å². The van der Waals surface area contributed by atoms with Gasteiger partial charge in [-0.3, -0.25) is 4.79 Å². The summed E-state index contributed by atoms with van der Waals surface area (Å²) in [5.41, 5.74) is 1.86. The number of benzene rings is 2. The average molecular weight is 360 g/mol. The Bertz CT molecular complexity index is 655. The number of aryl methyl sites for hydroxylation is 1. The molecule has 0 aliphatic carbocycles. The SMILES string of the molecule is C=CCOc1cccc(NC(=O)CCc2ccccc2Br)c1. The van der Waals surface area contributed by atoms with E-state index in [1.54, 1.807) is 12.1 Å². The minimum atomic E-state index is -0.0170. The monoisotopic (exact) mass is 359 g/mol. The van der Waals surface area contributed by atoms with Gasteiger partial charge in [-0.05, 0) is 30.2 Å². The fraction of sp³-hybridized carbons (Fsp3) is 0.167. The summed E-state index contributed by atoms with van der Waals surface area (Å²) in [6, 6.07) is 15.3. The third kappa shape index (κ3) is 5.04. The molecule has 3 nitrogen and oxygen atoms in total. The van der Waals surface area contributed by atoms with Gasteiger partial charge < -0.3 is 10.1 Å². The molecule has 0 aromatic heterocycles. The smallest absolute Gasteiger partial charge is 0.224 e. The Morgan fingerprint density at radius 3 is 2.82 bits per heavy atom. The van der Waals surface area contributed by atoms with Crippen molar-refractivity contribution in [3.05, 3.63) is 71.2 Å². The summed E-state index contributed by atoms with van der Waals surface area (Å²) in [7, 11) is 0. The second-order valence-corrected chi connectivity index (χ2v) is 5.62. The normalized spacial score (nSPS) is 10.0. The number of carbonyl (C=O) groups is 1. The zero-order valence-electron chi connectivity index (χ0n) is 12.2. The van der Waals surface area contributed by atoms with Crippen LogP contribution in [0.15, 0.2) is 65.7 Å². The fourth-order valence-corrected chi connectivity index (χ4v) is 2.47. The molecule has 0 atom stereocenters. The predicted octanol–water partition coefficient (Wildman–Crippen LogP) is 4.59. The van der Waals surface area contributed by atoms with Gasteiger partial charge in [0.05, 0.1) is 0 Å². The van der Waals surface area contributed by atoms with Crippen LogP contribution in [-0.2, 0) is 11.2 Å². The van der Waals surface area contributed by atoms with E-state index in [-0.39, 0.29) is 5.91 Å². The highest BCUT2D eigenvalue weighted by Gasteiger charge is 2.06. The van der Waals surface area contributed by atoms with Crippen molar-refractivity contribution in [3.8, 4) is 5.75 Å². The summed E-state index contributed by atoms with van der Waals surface area (Å²) in [5.74, 6) is 0.695. The van der Waals surface area contributed by atoms with Crippen molar-refractivity contribution < 1.29 is 9.53 Å². The molecule has 2 rings (SSSR count).